The van der Waals surface area contributed by atoms with Gasteiger partial charge >= 0.3 is 11.9 Å². The van der Waals surface area contributed by atoms with Gasteiger partial charge in [-0.3, -0.25) is 14.4 Å². The summed E-state index contributed by atoms with van der Waals surface area (Å²) in [6.45, 7) is 0.529. The molecule has 2 aromatic carbocycles. The third kappa shape index (κ3) is 5.53. The van der Waals surface area contributed by atoms with Crippen molar-refractivity contribution in [3.05, 3.63) is 65.2 Å². The highest BCUT2D eigenvalue weighted by Gasteiger charge is 2.35. The molecule has 0 unspecified atom stereocenters. The van der Waals surface area contributed by atoms with Crippen LogP contribution in [0.2, 0.25) is 0 Å². The predicted molar refractivity (Wildman–Crippen MR) is 117 cm³/mol. The van der Waals surface area contributed by atoms with E-state index in [4.69, 9.17) is 0 Å². The Labute approximate surface area is 189 Å². The average Bonchev–Trinajstić information content (AvgIpc) is 2.84. The first-order chi connectivity index (χ1) is 15.8. The minimum atomic E-state index is -1.02. The monoisotopic (exact) mass is 453 g/mol. The number of nitrogens with one attached hydrogen (secondary N) is 2. The van der Waals surface area contributed by atoms with Gasteiger partial charge in [-0.25, -0.2) is 9.59 Å². The van der Waals surface area contributed by atoms with Crippen molar-refractivity contribution in [3.63, 3.8) is 0 Å². The number of ether oxygens (including phenoxy) is 2. The van der Waals surface area contributed by atoms with E-state index >= 15 is 0 Å². The van der Waals surface area contributed by atoms with Crippen molar-refractivity contribution >= 4 is 35.3 Å². The Kier molecular flexibility index (Phi) is 7.39. The SMILES string of the molecule is COC(=O)c1cc(NC(=O)C[C@H]2C(=O)NCCN2C(=O)c2ccccc2)cc(C(=O)OC)c1. The molecule has 3 amide bonds. The molecule has 1 heterocycles. The number of methoxy groups -OCH3 is 2. The van der Waals surface area contributed by atoms with Crippen LogP contribution in [0.15, 0.2) is 48.5 Å². The summed E-state index contributed by atoms with van der Waals surface area (Å²) < 4.78 is 9.36. The number of carbonyl (C=O) groups is 5. The Morgan fingerprint density at radius 3 is 2.15 bits per heavy atom. The maximum atomic E-state index is 12.9. The minimum Gasteiger partial charge on any atom is -0.465 e. The second-order valence-electron chi connectivity index (χ2n) is 7.21. The average molecular weight is 453 g/mol. The fraction of sp³-hybridized carbons (Fsp3) is 0.261. The minimum absolute atomic E-state index is 0.0343. The van der Waals surface area contributed by atoms with Crippen LogP contribution in [0, 0.1) is 0 Å². The summed E-state index contributed by atoms with van der Waals surface area (Å²) in [6, 6.07) is 11.4. The van der Waals surface area contributed by atoms with Crippen molar-refractivity contribution in [2.45, 2.75) is 12.5 Å². The van der Waals surface area contributed by atoms with Crippen molar-refractivity contribution in [3.8, 4) is 0 Å². The maximum absolute atomic E-state index is 12.9. The molecule has 2 aromatic rings. The summed E-state index contributed by atoms with van der Waals surface area (Å²) in [5.74, 6) is -2.80. The second-order valence-corrected chi connectivity index (χ2v) is 7.21. The number of esters is 2. The van der Waals surface area contributed by atoms with E-state index in [2.05, 4.69) is 20.1 Å². The van der Waals surface area contributed by atoms with Gasteiger partial charge in [0.05, 0.1) is 31.8 Å². The van der Waals surface area contributed by atoms with E-state index in [-0.39, 0.29) is 42.2 Å². The molecule has 0 bridgehead atoms. The van der Waals surface area contributed by atoms with Gasteiger partial charge in [-0.1, -0.05) is 18.2 Å². The van der Waals surface area contributed by atoms with Crippen LogP contribution in [0.1, 0.15) is 37.5 Å². The van der Waals surface area contributed by atoms with Crippen molar-refractivity contribution < 1.29 is 33.4 Å². The first kappa shape index (κ1) is 23.5. The first-order valence-electron chi connectivity index (χ1n) is 10.1. The molecule has 33 heavy (non-hydrogen) atoms. The van der Waals surface area contributed by atoms with E-state index in [1.165, 1.54) is 37.3 Å². The number of nitrogens with zero attached hydrogens (tertiary/aromatic N) is 1. The Bertz CT molecular complexity index is 1050. The van der Waals surface area contributed by atoms with Crippen molar-refractivity contribution in [1.82, 2.24) is 10.2 Å². The topological polar surface area (TPSA) is 131 Å². The van der Waals surface area contributed by atoms with Crippen molar-refractivity contribution in [2.24, 2.45) is 0 Å². The molecular weight excluding hydrogens is 430 g/mol. The number of benzene rings is 2. The van der Waals surface area contributed by atoms with Crippen LogP contribution in [-0.2, 0) is 19.1 Å². The van der Waals surface area contributed by atoms with E-state index in [1.54, 1.807) is 30.3 Å². The summed E-state index contributed by atoms with van der Waals surface area (Å²) in [5.41, 5.74) is 0.616. The lowest BCUT2D eigenvalue weighted by Gasteiger charge is -2.34. The highest BCUT2D eigenvalue weighted by Crippen LogP contribution is 2.19. The second kappa shape index (κ2) is 10.4. The number of rotatable bonds is 6. The molecule has 0 aromatic heterocycles. The number of anilines is 1. The molecule has 1 fully saturated rings. The largest absolute Gasteiger partial charge is 0.465 e. The molecule has 172 valence electrons. The van der Waals surface area contributed by atoms with Crippen LogP contribution < -0.4 is 10.6 Å². The summed E-state index contributed by atoms with van der Waals surface area (Å²) in [5, 5.41) is 5.24. The van der Waals surface area contributed by atoms with Crippen LogP contribution in [0.25, 0.3) is 0 Å². The fourth-order valence-corrected chi connectivity index (χ4v) is 3.47. The molecule has 0 spiro atoms. The number of piperazine rings is 1. The van der Waals surface area contributed by atoms with Gasteiger partial charge in [-0.2, -0.15) is 0 Å². The Balaban J connectivity index is 1.80. The van der Waals surface area contributed by atoms with E-state index in [1.807, 2.05) is 0 Å². The highest BCUT2D eigenvalue weighted by atomic mass is 16.5. The lowest BCUT2D eigenvalue weighted by atomic mass is 10.1. The van der Waals surface area contributed by atoms with Gasteiger partial charge in [0.2, 0.25) is 11.8 Å². The van der Waals surface area contributed by atoms with Gasteiger partial charge in [0.15, 0.2) is 0 Å². The molecule has 1 aliphatic heterocycles. The smallest absolute Gasteiger partial charge is 0.337 e. The van der Waals surface area contributed by atoms with Crippen LogP contribution in [0.4, 0.5) is 5.69 Å². The van der Waals surface area contributed by atoms with Gasteiger partial charge in [0, 0.05) is 24.3 Å². The first-order valence-corrected chi connectivity index (χ1v) is 10.1. The van der Waals surface area contributed by atoms with E-state index < -0.39 is 29.8 Å². The third-order valence-corrected chi connectivity index (χ3v) is 5.05. The molecule has 1 saturated heterocycles. The summed E-state index contributed by atoms with van der Waals surface area (Å²) in [6.07, 6.45) is -0.319. The van der Waals surface area contributed by atoms with Crippen LogP contribution in [0.3, 0.4) is 0 Å². The summed E-state index contributed by atoms with van der Waals surface area (Å²) >= 11 is 0. The normalized spacial score (nSPS) is 15.3. The van der Waals surface area contributed by atoms with E-state index in [0.717, 1.165) is 0 Å². The zero-order valence-corrected chi connectivity index (χ0v) is 18.1. The van der Waals surface area contributed by atoms with Gasteiger partial charge in [0.25, 0.3) is 5.91 Å². The summed E-state index contributed by atoms with van der Waals surface area (Å²) in [7, 11) is 2.37. The molecule has 0 saturated carbocycles. The van der Waals surface area contributed by atoms with Gasteiger partial charge < -0.3 is 25.0 Å². The zero-order chi connectivity index (χ0) is 24.0. The van der Waals surface area contributed by atoms with Crippen LogP contribution in [-0.4, -0.2) is 67.9 Å². The maximum Gasteiger partial charge on any atom is 0.337 e. The number of carbonyl (C=O) groups excluding carboxylic acids is 5. The standard InChI is InChI=1S/C23H23N3O7/c1-32-22(30)15-10-16(23(31)33-2)12-17(11-15)25-19(27)13-18-20(28)24-8-9-26(18)21(29)14-6-4-3-5-7-14/h3-7,10-12,18H,8-9,13H2,1-2H3,(H,24,28)(H,25,27)/t18-/m0/s1. The van der Waals surface area contributed by atoms with Crippen molar-refractivity contribution in [2.75, 3.05) is 32.6 Å². The lowest BCUT2D eigenvalue weighted by Crippen LogP contribution is -2.58. The van der Waals surface area contributed by atoms with Crippen LogP contribution in [0.5, 0.6) is 0 Å². The third-order valence-electron chi connectivity index (χ3n) is 5.05. The Morgan fingerprint density at radius 1 is 0.970 bits per heavy atom. The lowest BCUT2D eigenvalue weighted by molar-refractivity contribution is -0.131. The van der Waals surface area contributed by atoms with Crippen LogP contribution >= 0.6 is 0 Å². The Hall–Kier alpha value is -4.21. The van der Waals surface area contributed by atoms with Crippen molar-refractivity contribution in [1.29, 1.82) is 0 Å². The number of hydrogen-bond donors (Lipinski definition) is 2. The molecule has 0 aliphatic carbocycles. The molecule has 2 N–H and O–H groups in total. The highest BCUT2D eigenvalue weighted by molar-refractivity contribution is 6.02. The van der Waals surface area contributed by atoms with Gasteiger partial charge in [0.1, 0.15) is 6.04 Å². The molecule has 0 radical (unpaired) electrons. The Morgan fingerprint density at radius 2 is 1.58 bits per heavy atom. The molecule has 3 rings (SSSR count). The molecule has 10 nitrogen and oxygen atoms in total. The molecular formula is C23H23N3O7. The summed E-state index contributed by atoms with van der Waals surface area (Å²) in [4.78, 5) is 63.4. The van der Waals surface area contributed by atoms with E-state index in [9.17, 15) is 24.0 Å². The molecule has 1 aliphatic rings. The fourth-order valence-electron chi connectivity index (χ4n) is 3.47. The quantitative estimate of drug-likeness (QED) is 0.629. The van der Waals surface area contributed by atoms with Gasteiger partial charge in [-0.05, 0) is 30.3 Å². The molecule has 10 heteroatoms. The van der Waals surface area contributed by atoms with Gasteiger partial charge in [-0.15, -0.1) is 0 Å². The van der Waals surface area contributed by atoms with E-state index in [0.29, 0.717) is 5.56 Å². The molecule has 1 atom stereocenters. The number of hydrogen-bond acceptors (Lipinski definition) is 7. The predicted octanol–water partition coefficient (Wildman–Crippen LogP) is 1.23. The zero-order valence-electron chi connectivity index (χ0n) is 18.1. The number of amides is 3.